The van der Waals surface area contributed by atoms with Crippen LogP contribution in [0.4, 0.5) is 0 Å². The lowest BCUT2D eigenvalue weighted by molar-refractivity contribution is -0.123. The molecule has 0 rings (SSSR count). The molecule has 0 fully saturated rings. The summed E-state index contributed by atoms with van der Waals surface area (Å²) >= 11 is 0. The van der Waals surface area contributed by atoms with Gasteiger partial charge in [0.2, 0.25) is 0 Å². The quantitative estimate of drug-likeness (QED) is 0.533. The third-order valence-corrected chi connectivity index (χ3v) is 1.45. The van der Waals surface area contributed by atoms with Crippen LogP contribution in [0.15, 0.2) is 0 Å². The Morgan fingerprint density at radius 2 is 2.22 bits per heavy atom. The van der Waals surface area contributed by atoms with Crippen molar-refractivity contribution in [2.75, 3.05) is 0 Å². The first-order valence-electron chi connectivity index (χ1n) is 3.16. The van der Waals surface area contributed by atoms with E-state index in [2.05, 4.69) is 0 Å². The van der Waals surface area contributed by atoms with E-state index in [-0.39, 0.29) is 11.7 Å². The summed E-state index contributed by atoms with van der Waals surface area (Å²) in [6.07, 6.45) is 1.95. The molecule has 0 bridgehead atoms. The zero-order valence-electron chi connectivity index (χ0n) is 5.89. The zero-order valence-corrected chi connectivity index (χ0v) is 5.89. The van der Waals surface area contributed by atoms with Crippen molar-refractivity contribution in [1.29, 1.82) is 0 Å². The molecule has 0 heterocycles. The van der Waals surface area contributed by atoms with Crippen LogP contribution in [0.5, 0.6) is 0 Å². The van der Waals surface area contributed by atoms with E-state index in [0.29, 0.717) is 6.42 Å². The third-order valence-electron chi connectivity index (χ3n) is 1.45. The largest absolute Gasteiger partial charge is 0.303 e. The fraction of sp³-hybridized carbons (Fsp3) is 0.714. The second-order valence-corrected chi connectivity index (χ2v) is 2.12. The minimum atomic E-state index is -0.0394. The predicted octanol–water partition coefficient (Wildman–Crippen LogP) is 1.19. The fourth-order valence-corrected chi connectivity index (χ4v) is 0.736. The van der Waals surface area contributed by atoms with E-state index < -0.39 is 0 Å². The number of aldehydes is 1. The Morgan fingerprint density at radius 3 is 2.33 bits per heavy atom. The number of carbonyl (C=O) groups is 2. The fourth-order valence-electron chi connectivity index (χ4n) is 0.736. The average Bonchev–Trinajstić information content (AvgIpc) is 1.82. The second kappa shape index (κ2) is 4.24. The topological polar surface area (TPSA) is 34.1 Å². The van der Waals surface area contributed by atoms with E-state index in [1.54, 1.807) is 0 Å². The molecule has 0 aliphatic heterocycles. The number of Topliss-reactive ketones (excluding diaryl/α,β-unsaturated/α-hetero) is 1. The number of rotatable bonds is 4. The van der Waals surface area contributed by atoms with Gasteiger partial charge in [-0.2, -0.15) is 0 Å². The van der Waals surface area contributed by atoms with E-state index >= 15 is 0 Å². The lowest BCUT2D eigenvalue weighted by atomic mass is 9.99. The number of hydrogen-bond acceptors (Lipinski definition) is 2. The van der Waals surface area contributed by atoms with E-state index in [1.165, 1.54) is 6.92 Å². The molecule has 0 unspecified atom stereocenters. The van der Waals surface area contributed by atoms with Crippen molar-refractivity contribution in [1.82, 2.24) is 0 Å². The predicted molar refractivity (Wildman–Crippen MR) is 35.1 cm³/mol. The summed E-state index contributed by atoms with van der Waals surface area (Å²) in [5.74, 6) is 0.0760. The first-order chi connectivity index (χ1) is 4.22. The molecular formula is C7H12O2. The van der Waals surface area contributed by atoms with Crippen molar-refractivity contribution in [2.45, 2.75) is 26.7 Å². The lowest BCUT2D eigenvalue weighted by Crippen LogP contribution is -2.09. The van der Waals surface area contributed by atoms with Gasteiger partial charge in [0, 0.05) is 12.3 Å². The standard InChI is InChI=1S/C7H12O2/c1-3-7(4-5-8)6(2)9/h5,7H,3-4H2,1-2H3/t7-/m0/s1. The highest BCUT2D eigenvalue weighted by atomic mass is 16.1. The van der Waals surface area contributed by atoms with Gasteiger partial charge in [-0.15, -0.1) is 0 Å². The second-order valence-electron chi connectivity index (χ2n) is 2.12. The van der Waals surface area contributed by atoms with Gasteiger partial charge in [-0.25, -0.2) is 0 Å². The monoisotopic (exact) mass is 128 g/mol. The maximum absolute atomic E-state index is 10.6. The minimum absolute atomic E-state index is 0.0394. The van der Waals surface area contributed by atoms with Gasteiger partial charge in [0.05, 0.1) is 0 Å². The highest BCUT2D eigenvalue weighted by molar-refractivity contribution is 5.80. The van der Waals surface area contributed by atoms with Crippen molar-refractivity contribution < 1.29 is 9.59 Å². The SMILES string of the molecule is CC[C@@H](CC=O)C(C)=O. The highest BCUT2D eigenvalue weighted by Gasteiger charge is 2.09. The van der Waals surface area contributed by atoms with E-state index in [4.69, 9.17) is 0 Å². The van der Waals surface area contributed by atoms with Crippen LogP contribution in [0.2, 0.25) is 0 Å². The Kier molecular flexibility index (Phi) is 3.93. The molecule has 0 N–H and O–H groups in total. The van der Waals surface area contributed by atoms with Gasteiger partial charge in [0.25, 0.3) is 0 Å². The Balaban J connectivity index is 3.67. The summed E-state index contributed by atoms with van der Waals surface area (Å²) in [4.78, 5) is 20.5. The van der Waals surface area contributed by atoms with Gasteiger partial charge < -0.3 is 4.79 Å². The minimum Gasteiger partial charge on any atom is -0.303 e. The maximum atomic E-state index is 10.6. The molecule has 0 saturated heterocycles. The molecule has 2 nitrogen and oxygen atoms in total. The smallest absolute Gasteiger partial charge is 0.133 e. The molecule has 0 aliphatic rings. The first kappa shape index (κ1) is 8.34. The molecule has 0 amide bonds. The molecule has 0 aromatic carbocycles. The molecule has 0 aromatic heterocycles. The van der Waals surface area contributed by atoms with Crippen molar-refractivity contribution >= 4 is 12.1 Å². The van der Waals surface area contributed by atoms with Crippen molar-refractivity contribution in [3.05, 3.63) is 0 Å². The molecule has 2 heteroatoms. The van der Waals surface area contributed by atoms with Crippen LogP contribution in [0.25, 0.3) is 0 Å². The van der Waals surface area contributed by atoms with Gasteiger partial charge in [-0.3, -0.25) is 4.79 Å². The lowest BCUT2D eigenvalue weighted by Gasteiger charge is -2.03. The Hall–Kier alpha value is -0.660. The zero-order chi connectivity index (χ0) is 7.28. The molecule has 0 saturated carbocycles. The summed E-state index contributed by atoms with van der Waals surface area (Å²) in [6.45, 7) is 3.44. The number of hydrogen-bond donors (Lipinski definition) is 0. The Bertz CT molecular complexity index is 107. The Morgan fingerprint density at radius 1 is 1.67 bits per heavy atom. The molecule has 0 spiro atoms. The molecule has 1 atom stereocenters. The summed E-state index contributed by atoms with van der Waals surface area (Å²) in [7, 11) is 0. The van der Waals surface area contributed by atoms with Crippen LogP contribution in [-0.4, -0.2) is 12.1 Å². The highest BCUT2D eigenvalue weighted by Crippen LogP contribution is 2.06. The average molecular weight is 128 g/mol. The molecule has 0 radical (unpaired) electrons. The Labute approximate surface area is 55.3 Å². The van der Waals surface area contributed by atoms with Crippen LogP contribution in [0, 0.1) is 5.92 Å². The maximum Gasteiger partial charge on any atom is 0.133 e. The number of ketones is 1. The van der Waals surface area contributed by atoms with Crippen LogP contribution in [-0.2, 0) is 9.59 Å². The van der Waals surface area contributed by atoms with Crippen LogP contribution < -0.4 is 0 Å². The first-order valence-corrected chi connectivity index (χ1v) is 3.16. The summed E-state index contributed by atoms with van der Waals surface area (Å²) in [6, 6.07) is 0. The van der Waals surface area contributed by atoms with Gasteiger partial charge in [0.15, 0.2) is 0 Å². The molecule has 0 aromatic rings. The van der Waals surface area contributed by atoms with Gasteiger partial charge in [-0.05, 0) is 13.3 Å². The van der Waals surface area contributed by atoms with E-state index in [9.17, 15) is 9.59 Å². The van der Waals surface area contributed by atoms with Crippen LogP contribution >= 0.6 is 0 Å². The van der Waals surface area contributed by atoms with Gasteiger partial charge in [-0.1, -0.05) is 6.92 Å². The van der Waals surface area contributed by atoms with Crippen LogP contribution in [0.1, 0.15) is 26.7 Å². The third kappa shape index (κ3) is 3.01. The normalized spacial score (nSPS) is 12.7. The van der Waals surface area contributed by atoms with E-state index in [1.807, 2.05) is 6.92 Å². The number of carbonyl (C=O) groups excluding carboxylic acids is 2. The van der Waals surface area contributed by atoms with Gasteiger partial charge in [0.1, 0.15) is 12.1 Å². The molecular weight excluding hydrogens is 116 g/mol. The van der Waals surface area contributed by atoms with E-state index in [0.717, 1.165) is 12.7 Å². The van der Waals surface area contributed by atoms with Crippen molar-refractivity contribution in [3.63, 3.8) is 0 Å². The van der Waals surface area contributed by atoms with Crippen LogP contribution in [0.3, 0.4) is 0 Å². The van der Waals surface area contributed by atoms with Crippen molar-refractivity contribution in [3.8, 4) is 0 Å². The summed E-state index contributed by atoms with van der Waals surface area (Å²) in [5, 5.41) is 0. The molecule has 9 heavy (non-hydrogen) atoms. The summed E-state index contributed by atoms with van der Waals surface area (Å²) < 4.78 is 0. The molecule has 52 valence electrons. The van der Waals surface area contributed by atoms with Gasteiger partial charge >= 0.3 is 0 Å². The molecule has 0 aliphatic carbocycles. The van der Waals surface area contributed by atoms with Crippen molar-refractivity contribution in [2.24, 2.45) is 5.92 Å². The summed E-state index contributed by atoms with van der Waals surface area (Å²) in [5.41, 5.74) is 0.